The second-order valence-corrected chi connectivity index (χ2v) is 9.25. The molecule has 2 aromatic rings. The Morgan fingerprint density at radius 2 is 1.72 bits per heavy atom. The topological polar surface area (TPSA) is 92.8 Å². The molecule has 0 aliphatic rings. The molecule has 0 saturated carbocycles. The van der Waals surface area contributed by atoms with Crippen LogP contribution in [0.3, 0.4) is 0 Å². The molecular formula is C19H20Cl2N2O5S. The zero-order valence-corrected chi connectivity index (χ0v) is 18.3. The molecule has 2 aromatic carbocycles. The van der Waals surface area contributed by atoms with Gasteiger partial charge in [-0.05, 0) is 35.9 Å². The van der Waals surface area contributed by atoms with Crippen molar-refractivity contribution in [2.75, 3.05) is 21.2 Å². The number of hydrogen-bond donors (Lipinski definition) is 1. The van der Waals surface area contributed by atoms with Crippen molar-refractivity contribution in [2.45, 2.75) is 17.4 Å². The van der Waals surface area contributed by atoms with E-state index in [4.69, 9.17) is 27.9 Å². The van der Waals surface area contributed by atoms with Gasteiger partial charge in [-0.15, -0.1) is 0 Å². The Labute approximate surface area is 179 Å². The molecule has 0 aliphatic heterocycles. The third kappa shape index (κ3) is 5.70. The number of ether oxygens (including phenoxy) is 1. The Morgan fingerprint density at radius 3 is 2.28 bits per heavy atom. The van der Waals surface area contributed by atoms with Gasteiger partial charge < -0.3 is 10.1 Å². The predicted octanol–water partition coefficient (Wildman–Crippen LogP) is 3.28. The smallest absolute Gasteiger partial charge is 0.307 e. The first kappa shape index (κ1) is 23.2. The molecule has 0 aliphatic carbocycles. The van der Waals surface area contributed by atoms with Crippen LogP contribution in [-0.2, 0) is 19.6 Å². The molecule has 2 rings (SSSR count). The van der Waals surface area contributed by atoms with Crippen LogP contribution in [0.15, 0.2) is 47.4 Å². The Bertz CT molecular complexity index is 1010. The quantitative estimate of drug-likeness (QED) is 0.642. The van der Waals surface area contributed by atoms with Gasteiger partial charge in [0.15, 0.2) is 0 Å². The summed E-state index contributed by atoms with van der Waals surface area (Å²) in [4.78, 5) is 24.4. The first-order valence-corrected chi connectivity index (χ1v) is 10.6. The number of hydrogen-bond acceptors (Lipinski definition) is 5. The first-order valence-electron chi connectivity index (χ1n) is 8.41. The molecule has 0 unspecified atom stereocenters. The molecule has 0 radical (unpaired) electrons. The second-order valence-electron chi connectivity index (χ2n) is 6.29. The van der Waals surface area contributed by atoms with E-state index in [9.17, 15) is 18.0 Å². The van der Waals surface area contributed by atoms with E-state index in [2.05, 4.69) is 5.32 Å². The minimum Gasteiger partial charge on any atom is -0.469 e. The van der Waals surface area contributed by atoms with Crippen molar-refractivity contribution in [1.29, 1.82) is 0 Å². The van der Waals surface area contributed by atoms with E-state index in [1.54, 1.807) is 24.3 Å². The van der Waals surface area contributed by atoms with Crippen molar-refractivity contribution in [3.63, 3.8) is 0 Å². The highest BCUT2D eigenvalue weighted by Gasteiger charge is 2.24. The maximum Gasteiger partial charge on any atom is 0.307 e. The summed E-state index contributed by atoms with van der Waals surface area (Å²) < 4.78 is 30.6. The highest BCUT2D eigenvalue weighted by molar-refractivity contribution is 7.89. The van der Waals surface area contributed by atoms with Gasteiger partial charge in [-0.1, -0.05) is 35.3 Å². The van der Waals surface area contributed by atoms with Gasteiger partial charge >= 0.3 is 5.97 Å². The summed E-state index contributed by atoms with van der Waals surface area (Å²) in [7, 11) is 0.144. The van der Waals surface area contributed by atoms with Crippen molar-refractivity contribution in [2.24, 2.45) is 0 Å². The largest absolute Gasteiger partial charge is 0.469 e. The van der Waals surface area contributed by atoms with E-state index in [0.717, 1.165) is 4.31 Å². The normalized spacial score (nSPS) is 12.5. The number of nitrogens with one attached hydrogen (secondary N) is 1. The van der Waals surface area contributed by atoms with Gasteiger partial charge in [0, 0.05) is 24.7 Å². The lowest BCUT2D eigenvalue weighted by atomic mass is 10.0. The number of halogens is 2. The van der Waals surface area contributed by atoms with E-state index in [0.29, 0.717) is 10.6 Å². The average Bonchev–Trinajstić information content (AvgIpc) is 2.67. The summed E-state index contributed by atoms with van der Waals surface area (Å²) in [6.07, 6.45) is -0.111. The fourth-order valence-electron chi connectivity index (χ4n) is 2.48. The fourth-order valence-corrected chi connectivity index (χ4v) is 4.00. The minimum atomic E-state index is -3.84. The zero-order chi connectivity index (χ0) is 21.8. The lowest BCUT2D eigenvalue weighted by molar-refractivity contribution is -0.141. The molecule has 7 nitrogen and oxygen atoms in total. The molecule has 0 saturated heterocycles. The maximum absolute atomic E-state index is 12.8. The van der Waals surface area contributed by atoms with Gasteiger partial charge in [-0.25, -0.2) is 12.7 Å². The van der Waals surface area contributed by atoms with E-state index in [-0.39, 0.29) is 21.9 Å². The van der Waals surface area contributed by atoms with Crippen LogP contribution >= 0.6 is 23.2 Å². The lowest BCUT2D eigenvalue weighted by Gasteiger charge is -2.19. The molecule has 0 bridgehead atoms. The van der Waals surface area contributed by atoms with Gasteiger partial charge in [0.05, 0.1) is 24.6 Å². The van der Waals surface area contributed by atoms with Crippen molar-refractivity contribution in [3.8, 4) is 0 Å². The molecule has 0 spiro atoms. The fraction of sp³-hybridized carbons (Fsp3) is 0.263. The van der Waals surface area contributed by atoms with Crippen molar-refractivity contribution in [3.05, 3.63) is 63.6 Å². The van der Waals surface area contributed by atoms with E-state index in [1.165, 1.54) is 39.4 Å². The Hall–Kier alpha value is -2.13. The van der Waals surface area contributed by atoms with Crippen molar-refractivity contribution >= 4 is 45.1 Å². The first-order chi connectivity index (χ1) is 13.6. The van der Waals surface area contributed by atoms with Crippen LogP contribution in [-0.4, -0.2) is 45.8 Å². The van der Waals surface area contributed by atoms with Gasteiger partial charge in [-0.3, -0.25) is 9.59 Å². The maximum atomic E-state index is 12.8. The lowest BCUT2D eigenvalue weighted by Crippen LogP contribution is -2.31. The van der Waals surface area contributed by atoms with Gasteiger partial charge in [0.2, 0.25) is 10.0 Å². The molecule has 0 fully saturated rings. The molecule has 156 valence electrons. The SMILES string of the molecule is COC(=O)C[C@H](NC(=O)c1ccc(Cl)c(S(=O)(=O)N(C)C)c1)c1ccc(Cl)cc1. The second kappa shape index (κ2) is 9.58. The van der Waals surface area contributed by atoms with Crippen molar-refractivity contribution in [1.82, 2.24) is 9.62 Å². The Balaban J connectivity index is 2.36. The van der Waals surface area contributed by atoms with Crippen LogP contribution in [0.25, 0.3) is 0 Å². The molecule has 1 amide bonds. The number of amides is 1. The van der Waals surface area contributed by atoms with E-state index in [1.807, 2.05) is 0 Å². The summed E-state index contributed by atoms with van der Waals surface area (Å²) in [5.41, 5.74) is 0.724. The van der Waals surface area contributed by atoms with Crippen LogP contribution in [0.5, 0.6) is 0 Å². The molecule has 1 N–H and O–H groups in total. The highest BCUT2D eigenvalue weighted by atomic mass is 35.5. The number of sulfonamides is 1. The van der Waals surface area contributed by atoms with Crippen LogP contribution in [0, 0.1) is 0 Å². The molecule has 29 heavy (non-hydrogen) atoms. The van der Waals surface area contributed by atoms with Gasteiger partial charge in [0.1, 0.15) is 4.90 Å². The molecule has 0 heterocycles. The number of carbonyl (C=O) groups is 2. The molecule has 10 heteroatoms. The van der Waals surface area contributed by atoms with Crippen LogP contribution < -0.4 is 5.32 Å². The summed E-state index contributed by atoms with van der Waals surface area (Å²) in [5.74, 6) is -1.09. The van der Waals surface area contributed by atoms with Gasteiger partial charge in [-0.2, -0.15) is 0 Å². The number of benzene rings is 2. The summed E-state index contributed by atoms with van der Waals surface area (Å²) in [5, 5.41) is 3.23. The highest BCUT2D eigenvalue weighted by Crippen LogP contribution is 2.26. The molecular weight excluding hydrogens is 439 g/mol. The minimum absolute atomic E-state index is 0.000869. The van der Waals surface area contributed by atoms with Gasteiger partial charge in [0.25, 0.3) is 5.91 Å². The van der Waals surface area contributed by atoms with Crippen LogP contribution in [0.1, 0.15) is 28.4 Å². The Kier molecular flexibility index (Phi) is 7.65. The van der Waals surface area contributed by atoms with Crippen molar-refractivity contribution < 1.29 is 22.7 Å². The monoisotopic (exact) mass is 458 g/mol. The van der Waals surface area contributed by atoms with E-state index >= 15 is 0 Å². The predicted molar refractivity (Wildman–Crippen MR) is 111 cm³/mol. The number of nitrogens with zero attached hydrogens (tertiary/aromatic N) is 1. The standard InChI is InChI=1S/C19H20Cl2N2O5S/c1-23(2)29(26,27)17-10-13(6-9-15(17)21)19(25)22-16(11-18(24)28-3)12-4-7-14(20)8-5-12/h4-10,16H,11H2,1-3H3,(H,22,25)/t16-/m0/s1. The molecule has 1 atom stereocenters. The average molecular weight is 459 g/mol. The third-order valence-corrected chi connectivity index (χ3v) is 6.68. The summed E-state index contributed by atoms with van der Waals surface area (Å²) in [6.45, 7) is 0. The zero-order valence-electron chi connectivity index (χ0n) is 16.0. The third-order valence-electron chi connectivity index (χ3n) is 4.13. The Morgan fingerprint density at radius 1 is 1.10 bits per heavy atom. The summed E-state index contributed by atoms with van der Waals surface area (Å²) in [6, 6.07) is 9.88. The van der Waals surface area contributed by atoms with Crippen LogP contribution in [0.4, 0.5) is 0 Å². The summed E-state index contributed by atoms with van der Waals surface area (Å²) >= 11 is 11.9. The van der Waals surface area contributed by atoms with Crippen LogP contribution in [0.2, 0.25) is 10.0 Å². The van der Waals surface area contributed by atoms with E-state index < -0.39 is 27.9 Å². The number of esters is 1. The number of methoxy groups -OCH3 is 1. The number of carbonyl (C=O) groups excluding carboxylic acids is 2. The molecule has 0 aromatic heterocycles. The number of rotatable bonds is 7.